The molecule has 3 heterocycles. The first kappa shape index (κ1) is 21.0. The lowest BCUT2D eigenvalue weighted by Gasteiger charge is -2.33. The molecule has 0 spiro atoms. The molecule has 6 nitrogen and oxygen atoms in total. The van der Waals surface area contributed by atoms with E-state index >= 15 is 0 Å². The zero-order valence-corrected chi connectivity index (χ0v) is 19.4. The minimum atomic E-state index is -0.137. The molecule has 5 rings (SSSR count). The third-order valence-electron chi connectivity index (χ3n) is 6.21. The number of methoxy groups -OCH3 is 1. The van der Waals surface area contributed by atoms with Gasteiger partial charge in [-0.1, -0.05) is 18.2 Å². The molecule has 1 N–H and O–H groups in total. The van der Waals surface area contributed by atoms with Crippen LogP contribution >= 0.6 is 11.3 Å². The highest BCUT2D eigenvalue weighted by molar-refractivity contribution is 7.21. The van der Waals surface area contributed by atoms with Crippen molar-refractivity contribution in [3.63, 3.8) is 0 Å². The minimum Gasteiger partial charge on any atom is -0.497 e. The quantitative estimate of drug-likeness (QED) is 0.493. The number of carbonyl (C=O) groups is 1. The lowest BCUT2D eigenvalue weighted by Crippen LogP contribution is -2.38. The van der Waals surface area contributed by atoms with Gasteiger partial charge in [0, 0.05) is 61.6 Å². The van der Waals surface area contributed by atoms with E-state index in [0.29, 0.717) is 6.61 Å². The number of benzene rings is 2. The molecule has 1 amide bonds. The van der Waals surface area contributed by atoms with E-state index in [1.807, 2.05) is 18.2 Å². The summed E-state index contributed by atoms with van der Waals surface area (Å²) in [5, 5.41) is 5.14. The summed E-state index contributed by atoms with van der Waals surface area (Å²) in [6.45, 7) is 3.08. The molecule has 1 atom stereocenters. The molecule has 1 aliphatic rings. The van der Waals surface area contributed by atoms with Crippen LogP contribution in [0.2, 0.25) is 0 Å². The van der Waals surface area contributed by atoms with Crippen LogP contribution in [0.15, 0.2) is 48.7 Å². The van der Waals surface area contributed by atoms with Gasteiger partial charge in [-0.3, -0.25) is 9.69 Å². The second-order valence-electron chi connectivity index (χ2n) is 8.16. The van der Waals surface area contributed by atoms with Gasteiger partial charge in [-0.2, -0.15) is 0 Å². The Labute approximate surface area is 191 Å². The Kier molecular flexibility index (Phi) is 5.63. The van der Waals surface area contributed by atoms with Crippen molar-refractivity contribution in [1.82, 2.24) is 14.8 Å². The van der Waals surface area contributed by atoms with Crippen molar-refractivity contribution in [3.05, 3.63) is 64.7 Å². The van der Waals surface area contributed by atoms with Crippen LogP contribution in [0.5, 0.6) is 5.75 Å². The Morgan fingerprint density at radius 3 is 2.91 bits per heavy atom. The Morgan fingerprint density at radius 1 is 1.25 bits per heavy atom. The summed E-state index contributed by atoms with van der Waals surface area (Å²) in [5.41, 5.74) is 3.46. The van der Waals surface area contributed by atoms with E-state index in [1.165, 1.54) is 22.3 Å². The lowest BCUT2D eigenvalue weighted by atomic mass is 10.0. The number of carbonyl (C=O) groups excluding carboxylic acids is 1. The summed E-state index contributed by atoms with van der Waals surface area (Å²) >= 11 is 1.54. The van der Waals surface area contributed by atoms with Gasteiger partial charge in [0.1, 0.15) is 5.75 Å². The van der Waals surface area contributed by atoms with Crippen LogP contribution in [0.3, 0.4) is 0 Å². The average Bonchev–Trinajstić information content (AvgIpc) is 3.36. The number of ether oxygens (including phenoxy) is 2. The summed E-state index contributed by atoms with van der Waals surface area (Å²) < 4.78 is 14.9. The maximum absolute atomic E-state index is 12.6. The number of aryl methyl sites for hydroxylation is 1. The minimum absolute atomic E-state index is 0.0510. The molecule has 166 valence electrons. The fraction of sp³-hybridized carbons (Fsp3) is 0.320. The Hall–Kier alpha value is -2.87. The number of amides is 1. The van der Waals surface area contributed by atoms with Gasteiger partial charge in [0.25, 0.3) is 5.91 Å². The van der Waals surface area contributed by atoms with E-state index in [0.717, 1.165) is 51.4 Å². The maximum atomic E-state index is 12.6. The zero-order chi connectivity index (χ0) is 22.2. The number of thiophene rings is 1. The second kappa shape index (κ2) is 8.58. The summed E-state index contributed by atoms with van der Waals surface area (Å²) in [6, 6.07) is 14.4. The van der Waals surface area contributed by atoms with Gasteiger partial charge in [0.2, 0.25) is 0 Å². The van der Waals surface area contributed by atoms with E-state index in [4.69, 9.17) is 9.47 Å². The largest absolute Gasteiger partial charge is 0.497 e. The third-order valence-corrected chi connectivity index (χ3v) is 7.40. The highest BCUT2D eigenvalue weighted by Gasteiger charge is 2.29. The molecule has 0 radical (unpaired) electrons. The topological polar surface area (TPSA) is 55.7 Å². The molecule has 2 aromatic heterocycles. The molecule has 0 bridgehead atoms. The van der Waals surface area contributed by atoms with Gasteiger partial charge in [0.15, 0.2) is 0 Å². The van der Waals surface area contributed by atoms with Crippen molar-refractivity contribution in [3.8, 4) is 5.75 Å². The van der Waals surface area contributed by atoms with Crippen molar-refractivity contribution in [2.24, 2.45) is 7.05 Å². The van der Waals surface area contributed by atoms with Crippen LogP contribution in [0.25, 0.3) is 21.0 Å². The number of nitrogens with one attached hydrogen (secondary N) is 1. The number of fused-ring (bicyclic) bond motifs is 2. The summed E-state index contributed by atoms with van der Waals surface area (Å²) in [7, 11) is 5.45. The number of nitrogens with zero attached hydrogens (tertiary/aromatic N) is 2. The van der Waals surface area contributed by atoms with Gasteiger partial charge >= 0.3 is 0 Å². The first-order valence-electron chi connectivity index (χ1n) is 10.8. The van der Waals surface area contributed by atoms with Crippen LogP contribution in [0.1, 0.15) is 26.9 Å². The van der Waals surface area contributed by atoms with Crippen molar-refractivity contribution in [2.45, 2.75) is 12.6 Å². The smallest absolute Gasteiger partial charge is 0.261 e. The van der Waals surface area contributed by atoms with E-state index in [-0.39, 0.29) is 12.0 Å². The molecule has 1 aliphatic heterocycles. The normalized spacial score (nSPS) is 17.2. The molecular weight excluding hydrogens is 422 g/mol. The first-order valence-corrected chi connectivity index (χ1v) is 11.6. The predicted molar refractivity (Wildman–Crippen MR) is 129 cm³/mol. The number of hydrogen-bond donors (Lipinski definition) is 1. The molecule has 2 aromatic carbocycles. The molecule has 1 saturated heterocycles. The maximum Gasteiger partial charge on any atom is 0.261 e. The molecule has 0 unspecified atom stereocenters. The predicted octanol–water partition coefficient (Wildman–Crippen LogP) is 4.33. The zero-order valence-electron chi connectivity index (χ0n) is 18.6. The van der Waals surface area contributed by atoms with Gasteiger partial charge in [-0.15, -0.1) is 11.3 Å². The molecular formula is C25H27N3O3S. The fourth-order valence-electron chi connectivity index (χ4n) is 4.63. The fourth-order valence-corrected chi connectivity index (χ4v) is 5.83. The van der Waals surface area contributed by atoms with Crippen molar-refractivity contribution in [1.29, 1.82) is 0 Å². The highest BCUT2D eigenvalue weighted by atomic mass is 32.1. The van der Waals surface area contributed by atoms with Crippen LogP contribution < -0.4 is 10.1 Å². The van der Waals surface area contributed by atoms with Crippen LogP contribution in [-0.2, 0) is 18.3 Å². The molecule has 32 heavy (non-hydrogen) atoms. The van der Waals surface area contributed by atoms with Crippen LogP contribution in [0.4, 0.5) is 0 Å². The number of aromatic nitrogens is 1. The SMILES string of the molecule is CNC(=O)c1sc2ccccc2c1[C@@H]1CN(Cc2cn(C)c3cc(OC)ccc23)CCO1. The molecule has 0 aliphatic carbocycles. The molecule has 1 fully saturated rings. The molecule has 0 saturated carbocycles. The number of morpholine rings is 1. The first-order chi connectivity index (χ1) is 15.6. The average molecular weight is 450 g/mol. The van der Waals surface area contributed by atoms with E-state index < -0.39 is 0 Å². The van der Waals surface area contributed by atoms with Gasteiger partial charge in [0.05, 0.1) is 30.2 Å². The highest BCUT2D eigenvalue weighted by Crippen LogP contribution is 2.38. The van der Waals surface area contributed by atoms with Gasteiger partial charge < -0.3 is 19.4 Å². The Morgan fingerprint density at radius 2 is 2.09 bits per heavy atom. The van der Waals surface area contributed by atoms with E-state index in [2.05, 4.69) is 52.3 Å². The molecule has 4 aromatic rings. The standard InChI is InChI=1S/C25H27N3O3S/c1-26-25(29)24-23(19-6-4-5-7-22(19)32-24)21-15-28(10-11-31-21)14-16-13-27(2)20-12-17(30-3)8-9-18(16)20/h4-9,12-13,21H,10-11,14-15H2,1-3H3,(H,26,29)/t21-/m0/s1. The van der Waals surface area contributed by atoms with Crippen LogP contribution in [0, 0.1) is 0 Å². The van der Waals surface area contributed by atoms with Crippen LogP contribution in [-0.4, -0.2) is 49.2 Å². The summed E-state index contributed by atoms with van der Waals surface area (Å²) in [4.78, 5) is 15.8. The number of hydrogen-bond acceptors (Lipinski definition) is 5. The molecule has 7 heteroatoms. The Bertz CT molecular complexity index is 1290. The Balaban J connectivity index is 1.45. The second-order valence-corrected chi connectivity index (χ2v) is 9.22. The van der Waals surface area contributed by atoms with Gasteiger partial charge in [-0.05, 0) is 29.1 Å². The van der Waals surface area contributed by atoms with Crippen molar-refractivity contribution >= 4 is 38.2 Å². The van der Waals surface area contributed by atoms with Gasteiger partial charge in [-0.25, -0.2) is 0 Å². The number of rotatable bonds is 5. The van der Waals surface area contributed by atoms with E-state index in [1.54, 1.807) is 14.2 Å². The van der Waals surface area contributed by atoms with Crippen molar-refractivity contribution in [2.75, 3.05) is 33.9 Å². The van der Waals surface area contributed by atoms with E-state index in [9.17, 15) is 4.79 Å². The van der Waals surface area contributed by atoms with Crippen molar-refractivity contribution < 1.29 is 14.3 Å². The summed E-state index contributed by atoms with van der Waals surface area (Å²) in [6.07, 6.45) is 2.06. The third kappa shape index (κ3) is 3.66. The lowest BCUT2D eigenvalue weighted by molar-refractivity contribution is -0.0322. The summed E-state index contributed by atoms with van der Waals surface area (Å²) in [5.74, 6) is 0.813. The monoisotopic (exact) mass is 449 g/mol.